The van der Waals surface area contributed by atoms with E-state index < -0.39 is 0 Å². The Hall–Kier alpha value is -2.57. The molecule has 1 atom stereocenters. The van der Waals surface area contributed by atoms with Crippen molar-refractivity contribution in [1.29, 1.82) is 0 Å². The number of fused-ring (bicyclic) bond motifs is 1. The number of rotatable bonds is 4. The van der Waals surface area contributed by atoms with Crippen LogP contribution >= 0.6 is 0 Å². The molecular formula is C14H16N4O3. The maximum Gasteiger partial charge on any atom is 0.327 e. The summed E-state index contributed by atoms with van der Waals surface area (Å²) in [5.41, 5.74) is 6.47. The molecule has 0 saturated carbocycles. The molecule has 0 saturated heterocycles. The number of carbonyl (C=O) groups excluding carboxylic acids is 1. The summed E-state index contributed by atoms with van der Waals surface area (Å²) in [6.45, 7) is 0.983. The lowest BCUT2D eigenvalue weighted by molar-refractivity contribution is -0.145. The number of para-hydroxylation sites is 1. The number of esters is 1. The number of ether oxygens (including phenoxy) is 2. The first-order valence-corrected chi connectivity index (χ1v) is 6.74. The van der Waals surface area contributed by atoms with Gasteiger partial charge in [-0.1, -0.05) is 18.2 Å². The number of aromatic nitrogens is 3. The van der Waals surface area contributed by atoms with Crippen LogP contribution < -0.4 is 10.5 Å². The minimum absolute atomic E-state index is 0.00899. The zero-order valence-electron chi connectivity index (χ0n) is 11.4. The summed E-state index contributed by atoms with van der Waals surface area (Å²) in [6, 6.07) is 7.83. The zero-order valence-corrected chi connectivity index (χ0v) is 11.4. The van der Waals surface area contributed by atoms with Gasteiger partial charge in [-0.15, -0.1) is 5.10 Å². The van der Waals surface area contributed by atoms with Crippen molar-refractivity contribution < 1.29 is 14.3 Å². The first-order valence-electron chi connectivity index (χ1n) is 6.74. The Labute approximate surface area is 121 Å². The molecule has 3 rings (SSSR count). The van der Waals surface area contributed by atoms with Crippen molar-refractivity contribution in [3.8, 4) is 5.75 Å². The Bertz CT molecular complexity index is 641. The molecule has 0 radical (unpaired) electrons. The van der Waals surface area contributed by atoms with Gasteiger partial charge in [-0.3, -0.25) is 4.79 Å². The second kappa shape index (κ2) is 5.82. The first-order chi connectivity index (χ1) is 10.2. The summed E-state index contributed by atoms with van der Waals surface area (Å²) in [7, 11) is 0. The number of nitrogens with zero attached hydrogens (tertiary/aromatic N) is 3. The Morgan fingerprint density at radius 1 is 1.48 bits per heavy atom. The van der Waals surface area contributed by atoms with Gasteiger partial charge in [-0.05, 0) is 12.5 Å². The van der Waals surface area contributed by atoms with Gasteiger partial charge in [-0.25, -0.2) is 9.67 Å². The van der Waals surface area contributed by atoms with E-state index >= 15 is 0 Å². The monoisotopic (exact) mass is 288 g/mol. The molecule has 1 aromatic heterocycles. The van der Waals surface area contributed by atoms with Crippen LogP contribution in [0, 0.1) is 0 Å². The predicted molar refractivity (Wildman–Crippen MR) is 74.7 cm³/mol. The van der Waals surface area contributed by atoms with E-state index in [9.17, 15) is 4.79 Å². The topological polar surface area (TPSA) is 92.3 Å². The standard InChI is InChI=1S/C14H16N4O3/c15-14-16-9-18(17-14)7-13(19)21-8-10-5-6-20-12-4-2-1-3-11(10)12/h1-4,9-10H,5-8H2,(H2,15,17). The van der Waals surface area contributed by atoms with Crippen LogP contribution in [0.2, 0.25) is 0 Å². The molecule has 1 unspecified atom stereocenters. The molecule has 0 spiro atoms. The van der Waals surface area contributed by atoms with Gasteiger partial charge in [0.15, 0.2) is 0 Å². The van der Waals surface area contributed by atoms with Crippen molar-refractivity contribution in [2.24, 2.45) is 0 Å². The molecule has 7 heteroatoms. The van der Waals surface area contributed by atoms with Gasteiger partial charge in [0.1, 0.15) is 18.6 Å². The van der Waals surface area contributed by atoms with E-state index in [1.807, 2.05) is 24.3 Å². The molecule has 2 N–H and O–H groups in total. The molecule has 21 heavy (non-hydrogen) atoms. The lowest BCUT2D eigenvalue weighted by atomic mass is 9.94. The SMILES string of the molecule is Nc1ncn(CC(=O)OCC2CCOc3ccccc32)n1. The van der Waals surface area contributed by atoms with Crippen LogP contribution in [0.3, 0.4) is 0 Å². The predicted octanol–water partition coefficient (Wildman–Crippen LogP) is 0.970. The molecule has 1 aliphatic heterocycles. The van der Waals surface area contributed by atoms with Gasteiger partial charge in [0, 0.05) is 11.5 Å². The van der Waals surface area contributed by atoms with Crippen LogP contribution in [-0.2, 0) is 16.1 Å². The molecule has 2 heterocycles. The molecule has 110 valence electrons. The summed E-state index contributed by atoms with van der Waals surface area (Å²) in [5.74, 6) is 0.818. The van der Waals surface area contributed by atoms with Crippen LogP contribution in [0.5, 0.6) is 5.75 Å². The van der Waals surface area contributed by atoms with Gasteiger partial charge in [0.05, 0.1) is 13.2 Å². The molecule has 1 aliphatic rings. The summed E-state index contributed by atoms with van der Waals surface area (Å²) in [6.07, 6.45) is 2.24. The Kier molecular flexibility index (Phi) is 3.72. The van der Waals surface area contributed by atoms with Crippen molar-refractivity contribution >= 4 is 11.9 Å². The van der Waals surface area contributed by atoms with Crippen molar-refractivity contribution in [1.82, 2.24) is 14.8 Å². The maximum atomic E-state index is 11.8. The Morgan fingerprint density at radius 3 is 3.14 bits per heavy atom. The van der Waals surface area contributed by atoms with Crippen LogP contribution in [0.25, 0.3) is 0 Å². The van der Waals surface area contributed by atoms with Crippen molar-refractivity contribution in [2.75, 3.05) is 18.9 Å². The molecular weight excluding hydrogens is 272 g/mol. The Morgan fingerprint density at radius 2 is 2.33 bits per heavy atom. The number of nitrogen functional groups attached to an aromatic ring is 1. The van der Waals surface area contributed by atoms with Gasteiger partial charge >= 0.3 is 5.97 Å². The third-order valence-corrected chi connectivity index (χ3v) is 3.37. The molecule has 7 nitrogen and oxygen atoms in total. The minimum Gasteiger partial charge on any atom is -0.493 e. The summed E-state index contributed by atoms with van der Waals surface area (Å²) < 4.78 is 12.3. The van der Waals surface area contributed by atoms with Crippen LogP contribution in [-0.4, -0.2) is 33.9 Å². The molecule has 0 fully saturated rings. The number of hydrogen-bond acceptors (Lipinski definition) is 6. The van der Waals surface area contributed by atoms with Crippen LogP contribution in [0.4, 0.5) is 5.95 Å². The van der Waals surface area contributed by atoms with Crippen LogP contribution in [0.1, 0.15) is 17.9 Å². The van der Waals surface area contributed by atoms with E-state index in [0.29, 0.717) is 13.2 Å². The number of benzene rings is 1. The largest absolute Gasteiger partial charge is 0.493 e. The summed E-state index contributed by atoms with van der Waals surface area (Å²) >= 11 is 0. The van der Waals surface area contributed by atoms with E-state index in [2.05, 4.69) is 10.1 Å². The molecule has 0 amide bonds. The highest BCUT2D eigenvalue weighted by Crippen LogP contribution is 2.33. The van der Waals surface area contributed by atoms with Crippen molar-refractivity contribution in [3.05, 3.63) is 36.2 Å². The fourth-order valence-electron chi connectivity index (χ4n) is 2.35. The van der Waals surface area contributed by atoms with Gasteiger partial charge in [0.2, 0.25) is 5.95 Å². The van der Waals surface area contributed by atoms with E-state index in [1.165, 1.54) is 11.0 Å². The Balaban J connectivity index is 1.57. The number of nitrogens with two attached hydrogens (primary N) is 1. The maximum absolute atomic E-state index is 11.8. The molecule has 1 aromatic carbocycles. The van der Waals surface area contributed by atoms with Crippen molar-refractivity contribution in [3.63, 3.8) is 0 Å². The van der Waals surface area contributed by atoms with Gasteiger partial charge in [0.25, 0.3) is 0 Å². The smallest absolute Gasteiger partial charge is 0.327 e. The number of hydrogen-bond donors (Lipinski definition) is 1. The molecule has 0 bridgehead atoms. The fraction of sp³-hybridized carbons (Fsp3) is 0.357. The molecule has 0 aliphatic carbocycles. The van der Waals surface area contributed by atoms with E-state index in [4.69, 9.17) is 15.2 Å². The second-order valence-electron chi connectivity index (χ2n) is 4.86. The average molecular weight is 288 g/mol. The van der Waals surface area contributed by atoms with Gasteiger partial charge < -0.3 is 15.2 Å². The molecule has 2 aromatic rings. The normalized spacial score (nSPS) is 16.9. The summed E-state index contributed by atoms with van der Waals surface area (Å²) in [4.78, 5) is 15.5. The second-order valence-corrected chi connectivity index (χ2v) is 4.86. The third-order valence-electron chi connectivity index (χ3n) is 3.37. The highest BCUT2D eigenvalue weighted by atomic mass is 16.5. The highest BCUT2D eigenvalue weighted by Gasteiger charge is 2.22. The average Bonchev–Trinajstić information content (AvgIpc) is 2.90. The van der Waals surface area contributed by atoms with E-state index in [-0.39, 0.29) is 24.4 Å². The lowest BCUT2D eigenvalue weighted by Gasteiger charge is -2.25. The highest BCUT2D eigenvalue weighted by molar-refractivity contribution is 5.69. The van der Waals surface area contributed by atoms with Gasteiger partial charge in [-0.2, -0.15) is 0 Å². The van der Waals surface area contributed by atoms with E-state index in [1.54, 1.807) is 0 Å². The van der Waals surface area contributed by atoms with Crippen molar-refractivity contribution in [2.45, 2.75) is 18.9 Å². The number of carbonyl (C=O) groups is 1. The van der Waals surface area contributed by atoms with Crippen LogP contribution in [0.15, 0.2) is 30.6 Å². The zero-order chi connectivity index (χ0) is 14.7. The fourth-order valence-corrected chi connectivity index (χ4v) is 2.35. The lowest BCUT2D eigenvalue weighted by Crippen LogP contribution is -2.22. The third kappa shape index (κ3) is 3.13. The minimum atomic E-state index is -0.358. The first kappa shape index (κ1) is 13.4. The quantitative estimate of drug-likeness (QED) is 0.843. The number of anilines is 1. The summed E-state index contributed by atoms with van der Waals surface area (Å²) in [5, 5.41) is 3.84. The van der Waals surface area contributed by atoms with E-state index in [0.717, 1.165) is 17.7 Å².